The predicted octanol–water partition coefficient (Wildman–Crippen LogP) is 5.54. The van der Waals surface area contributed by atoms with E-state index in [1.807, 2.05) is 31.2 Å². The molecule has 0 radical (unpaired) electrons. The van der Waals surface area contributed by atoms with Gasteiger partial charge in [0.1, 0.15) is 5.75 Å². The number of halogens is 2. The Morgan fingerprint density at radius 2 is 1.78 bits per heavy atom. The highest BCUT2D eigenvalue weighted by atomic mass is 35.5. The normalized spacial score (nSPS) is 20.6. The lowest BCUT2D eigenvalue weighted by atomic mass is 9.71. The van der Waals surface area contributed by atoms with Gasteiger partial charge in [0, 0.05) is 29.3 Å². The van der Waals surface area contributed by atoms with Crippen LogP contribution in [0.15, 0.2) is 65.0 Å². The van der Waals surface area contributed by atoms with E-state index < -0.39 is 11.9 Å². The summed E-state index contributed by atoms with van der Waals surface area (Å²) in [5, 5.41) is 4.00. The van der Waals surface area contributed by atoms with Gasteiger partial charge in [-0.3, -0.25) is 4.79 Å². The van der Waals surface area contributed by atoms with Crippen molar-refractivity contribution < 1.29 is 19.1 Å². The van der Waals surface area contributed by atoms with E-state index in [9.17, 15) is 9.59 Å². The second kappa shape index (κ2) is 9.00. The summed E-state index contributed by atoms with van der Waals surface area (Å²) < 4.78 is 10.3. The summed E-state index contributed by atoms with van der Waals surface area (Å²) in [7, 11) is 2.95. The number of benzene rings is 2. The van der Waals surface area contributed by atoms with Crippen LogP contribution in [0.1, 0.15) is 42.7 Å². The van der Waals surface area contributed by atoms with Gasteiger partial charge in [0.25, 0.3) is 0 Å². The number of Topliss-reactive ketones (excluding diaryl/α,β-unsaturated/α-hetero) is 1. The number of hydrogen-bond acceptors (Lipinski definition) is 5. The minimum atomic E-state index is -0.644. The van der Waals surface area contributed by atoms with Crippen molar-refractivity contribution in [3.8, 4) is 5.75 Å². The highest BCUT2D eigenvalue weighted by Crippen LogP contribution is 2.48. The number of nitrogens with one attached hydrogen (secondary N) is 1. The number of esters is 1. The van der Waals surface area contributed by atoms with Crippen molar-refractivity contribution in [3.63, 3.8) is 0 Å². The van der Waals surface area contributed by atoms with Crippen molar-refractivity contribution in [2.75, 3.05) is 14.2 Å². The molecule has 0 saturated carbocycles. The Kier molecular flexibility index (Phi) is 6.31. The van der Waals surface area contributed by atoms with Crippen LogP contribution in [0.25, 0.3) is 0 Å². The number of carbonyl (C=O) groups is 2. The van der Waals surface area contributed by atoms with Gasteiger partial charge >= 0.3 is 5.97 Å². The zero-order valence-electron chi connectivity index (χ0n) is 18.0. The molecule has 2 aromatic carbocycles. The van der Waals surface area contributed by atoms with Gasteiger partial charge in [-0.05, 0) is 48.6 Å². The van der Waals surface area contributed by atoms with Gasteiger partial charge in [-0.1, -0.05) is 47.5 Å². The summed E-state index contributed by atoms with van der Waals surface area (Å²) in [5.74, 6) is -0.400. The van der Waals surface area contributed by atoms with Crippen LogP contribution in [-0.2, 0) is 14.3 Å². The monoisotopic (exact) mass is 471 g/mol. The maximum Gasteiger partial charge on any atom is 0.336 e. The summed E-state index contributed by atoms with van der Waals surface area (Å²) >= 11 is 12.8. The third-order valence-electron chi connectivity index (χ3n) is 6.11. The van der Waals surface area contributed by atoms with Crippen LogP contribution in [0.4, 0.5) is 0 Å². The number of methoxy groups -OCH3 is 2. The van der Waals surface area contributed by atoms with Gasteiger partial charge in [0.05, 0.1) is 29.8 Å². The van der Waals surface area contributed by atoms with Crippen LogP contribution in [0, 0.1) is 0 Å². The summed E-state index contributed by atoms with van der Waals surface area (Å²) in [6.07, 6.45) is 0.961. The maximum atomic E-state index is 13.5. The Morgan fingerprint density at radius 3 is 2.44 bits per heavy atom. The molecule has 7 heteroatoms. The standard InChI is InChI=1S/C25H23Cl2NO4/c1-13-21(25(30)32-3)22(17-5-4-6-18(26)24(17)27)23-19(28-13)11-15(12-20(23)29)14-7-9-16(31-2)10-8-14/h4-10,15,22,28H,11-12H2,1-3H3/t15-,22-/m1/s1. The van der Waals surface area contributed by atoms with Crippen molar-refractivity contribution in [1.29, 1.82) is 0 Å². The molecule has 0 unspecified atom stereocenters. The molecule has 0 fully saturated rings. The Balaban J connectivity index is 1.81. The first-order valence-corrected chi connectivity index (χ1v) is 11.0. The number of ether oxygens (including phenoxy) is 2. The molecule has 2 atom stereocenters. The molecular formula is C25H23Cl2NO4. The largest absolute Gasteiger partial charge is 0.497 e. The summed E-state index contributed by atoms with van der Waals surface area (Å²) in [4.78, 5) is 26.2. The van der Waals surface area contributed by atoms with Crippen molar-refractivity contribution in [3.05, 3.63) is 86.2 Å². The van der Waals surface area contributed by atoms with E-state index in [-0.39, 0.29) is 11.7 Å². The molecule has 0 amide bonds. The van der Waals surface area contributed by atoms with Gasteiger partial charge in [0.15, 0.2) is 5.78 Å². The maximum absolute atomic E-state index is 13.5. The lowest BCUT2D eigenvalue weighted by Crippen LogP contribution is -2.36. The lowest BCUT2D eigenvalue weighted by molar-refractivity contribution is -0.136. The average Bonchev–Trinajstić information content (AvgIpc) is 2.79. The Labute approximate surface area is 197 Å². The highest BCUT2D eigenvalue weighted by Gasteiger charge is 2.42. The van der Waals surface area contributed by atoms with Crippen molar-refractivity contribution in [2.45, 2.75) is 31.6 Å². The quantitative estimate of drug-likeness (QED) is 0.593. The van der Waals surface area contributed by atoms with Gasteiger partial charge in [-0.2, -0.15) is 0 Å². The molecule has 4 rings (SSSR count). The molecule has 0 bridgehead atoms. The zero-order valence-corrected chi connectivity index (χ0v) is 19.5. The van der Waals surface area contributed by atoms with Gasteiger partial charge < -0.3 is 14.8 Å². The third-order valence-corrected chi connectivity index (χ3v) is 6.95. The van der Waals surface area contributed by atoms with Crippen LogP contribution >= 0.6 is 23.2 Å². The number of allylic oxidation sites excluding steroid dienone is 3. The van der Waals surface area contributed by atoms with E-state index in [2.05, 4.69) is 5.32 Å². The second-order valence-electron chi connectivity index (χ2n) is 7.93. The van der Waals surface area contributed by atoms with Crippen LogP contribution in [0.3, 0.4) is 0 Å². The Hall–Kier alpha value is -2.76. The van der Waals surface area contributed by atoms with Gasteiger partial charge in [0.2, 0.25) is 0 Å². The molecule has 1 aliphatic heterocycles. The van der Waals surface area contributed by atoms with E-state index in [1.165, 1.54) is 7.11 Å². The molecule has 2 aromatic rings. The van der Waals surface area contributed by atoms with Crippen LogP contribution < -0.4 is 10.1 Å². The number of rotatable bonds is 4. The van der Waals surface area contributed by atoms with E-state index in [0.29, 0.717) is 45.3 Å². The third kappa shape index (κ3) is 3.91. The fraction of sp³-hybridized carbons (Fsp3) is 0.280. The van der Waals surface area contributed by atoms with Gasteiger partial charge in [-0.25, -0.2) is 4.79 Å². The van der Waals surface area contributed by atoms with Crippen molar-refractivity contribution in [2.24, 2.45) is 0 Å². The van der Waals surface area contributed by atoms with E-state index in [4.69, 9.17) is 32.7 Å². The summed E-state index contributed by atoms with van der Waals surface area (Å²) in [5.41, 5.74) is 4.03. The number of dihydropyridines is 1. The van der Waals surface area contributed by atoms with Crippen LogP contribution in [0.2, 0.25) is 10.0 Å². The molecular weight excluding hydrogens is 449 g/mol. The predicted molar refractivity (Wildman–Crippen MR) is 124 cm³/mol. The van der Waals surface area contributed by atoms with Crippen LogP contribution in [0.5, 0.6) is 5.75 Å². The summed E-state index contributed by atoms with van der Waals surface area (Å²) in [6, 6.07) is 13.0. The molecule has 0 aromatic heterocycles. The molecule has 0 saturated heterocycles. The first-order valence-electron chi connectivity index (χ1n) is 10.3. The van der Waals surface area contributed by atoms with Crippen LogP contribution in [-0.4, -0.2) is 26.0 Å². The van der Waals surface area contributed by atoms with E-state index in [1.54, 1.807) is 25.3 Å². The van der Waals surface area contributed by atoms with E-state index in [0.717, 1.165) is 17.0 Å². The van der Waals surface area contributed by atoms with Crippen molar-refractivity contribution in [1.82, 2.24) is 5.32 Å². The molecule has 166 valence electrons. The fourth-order valence-corrected chi connectivity index (χ4v) is 5.00. The zero-order chi connectivity index (χ0) is 23.0. The Morgan fingerprint density at radius 1 is 1.06 bits per heavy atom. The minimum Gasteiger partial charge on any atom is -0.497 e. The topological polar surface area (TPSA) is 64.6 Å². The van der Waals surface area contributed by atoms with Crippen molar-refractivity contribution >= 4 is 35.0 Å². The molecule has 2 aliphatic rings. The number of hydrogen-bond donors (Lipinski definition) is 1. The minimum absolute atomic E-state index is 0.0163. The first kappa shape index (κ1) is 22.4. The highest BCUT2D eigenvalue weighted by molar-refractivity contribution is 6.42. The number of carbonyl (C=O) groups excluding carboxylic acids is 2. The smallest absolute Gasteiger partial charge is 0.336 e. The molecule has 1 heterocycles. The SMILES string of the molecule is COC(=O)C1=C(C)NC2=C(C(=O)C[C@H](c3ccc(OC)cc3)C2)[C@@H]1c1cccc(Cl)c1Cl. The fourth-order valence-electron chi connectivity index (χ4n) is 4.59. The first-order chi connectivity index (χ1) is 15.3. The lowest BCUT2D eigenvalue weighted by Gasteiger charge is -2.37. The molecule has 1 aliphatic carbocycles. The molecule has 0 spiro atoms. The summed E-state index contributed by atoms with van der Waals surface area (Å²) in [6.45, 7) is 1.81. The molecule has 32 heavy (non-hydrogen) atoms. The molecule has 1 N–H and O–H groups in total. The van der Waals surface area contributed by atoms with E-state index >= 15 is 0 Å². The van der Waals surface area contributed by atoms with Gasteiger partial charge in [-0.15, -0.1) is 0 Å². The second-order valence-corrected chi connectivity index (χ2v) is 8.71. The average molecular weight is 472 g/mol. The molecule has 5 nitrogen and oxygen atoms in total. The Bertz CT molecular complexity index is 1150. The number of ketones is 1.